The predicted molar refractivity (Wildman–Crippen MR) is 108 cm³/mol. The first-order chi connectivity index (χ1) is 12.0. The molecular weight excluding hydrogens is 424 g/mol. The van der Waals surface area contributed by atoms with Crippen LogP contribution < -0.4 is 10.6 Å². The molecule has 0 saturated carbocycles. The second-order valence-corrected chi connectivity index (χ2v) is 7.67. The highest BCUT2D eigenvalue weighted by Gasteiger charge is 2.13. The van der Waals surface area contributed by atoms with Crippen molar-refractivity contribution in [3.63, 3.8) is 0 Å². The van der Waals surface area contributed by atoms with Crippen molar-refractivity contribution in [2.75, 3.05) is 16.8 Å². The highest BCUT2D eigenvalue weighted by Crippen LogP contribution is 2.22. The van der Waals surface area contributed by atoms with Crippen LogP contribution >= 0.6 is 39.3 Å². The Balaban J connectivity index is 1.73. The number of benzene rings is 2. The number of carbonyl (C=O) groups excluding carboxylic acids is 2. The van der Waals surface area contributed by atoms with Gasteiger partial charge in [0.15, 0.2) is 0 Å². The number of nitrogens with one attached hydrogen (secondary N) is 2. The molecule has 0 aliphatic carbocycles. The minimum atomic E-state index is -0.183. The van der Waals surface area contributed by atoms with E-state index in [2.05, 4.69) is 26.6 Å². The molecule has 0 fully saturated rings. The topological polar surface area (TPSA) is 58.2 Å². The summed E-state index contributed by atoms with van der Waals surface area (Å²) in [5.41, 5.74) is 1.59. The molecule has 1 unspecified atom stereocenters. The Morgan fingerprint density at radius 1 is 1.12 bits per heavy atom. The van der Waals surface area contributed by atoms with Gasteiger partial charge in [0.1, 0.15) is 0 Å². The van der Waals surface area contributed by atoms with Crippen molar-refractivity contribution in [1.82, 2.24) is 5.32 Å². The summed E-state index contributed by atoms with van der Waals surface area (Å²) < 4.78 is 0.894. The van der Waals surface area contributed by atoms with Crippen molar-refractivity contribution in [1.29, 1.82) is 0 Å². The Labute approximate surface area is 164 Å². The quantitative estimate of drug-likeness (QED) is 0.657. The third kappa shape index (κ3) is 6.72. The normalized spacial score (nSPS) is 11.6. The molecule has 0 aliphatic rings. The van der Waals surface area contributed by atoms with Gasteiger partial charge in [0.05, 0.1) is 17.5 Å². The molecule has 0 radical (unpaired) electrons. The number of hydrogen-bond donors (Lipinski definition) is 2. The Hall–Kier alpha value is -1.50. The molecule has 0 spiro atoms. The van der Waals surface area contributed by atoms with Gasteiger partial charge in [-0.15, -0.1) is 11.8 Å². The van der Waals surface area contributed by atoms with Crippen molar-refractivity contribution in [3.8, 4) is 0 Å². The van der Waals surface area contributed by atoms with Gasteiger partial charge in [0, 0.05) is 15.2 Å². The number of amides is 2. The summed E-state index contributed by atoms with van der Waals surface area (Å²) in [5, 5.41) is 6.30. The average molecular weight is 442 g/mol. The van der Waals surface area contributed by atoms with E-state index in [0.717, 1.165) is 15.7 Å². The van der Waals surface area contributed by atoms with E-state index in [4.69, 9.17) is 11.6 Å². The van der Waals surface area contributed by atoms with Gasteiger partial charge in [-0.05, 0) is 36.8 Å². The third-order valence-electron chi connectivity index (χ3n) is 3.32. The first kappa shape index (κ1) is 19.8. The molecule has 7 heteroatoms. The van der Waals surface area contributed by atoms with Gasteiger partial charge < -0.3 is 10.6 Å². The molecule has 4 nitrogen and oxygen atoms in total. The summed E-state index contributed by atoms with van der Waals surface area (Å²) in [7, 11) is 0. The van der Waals surface area contributed by atoms with Crippen molar-refractivity contribution >= 4 is 56.8 Å². The SMILES string of the molecule is CC(NC(=O)CSCC(=O)Nc1cccc(Br)c1)c1ccccc1Cl. The van der Waals surface area contributed by atoms with E-state index in [9.17, 15) is 9.59 Å². The molecule has 1 atom stereocenters. The molecule has 2 rings (SSSR count). The van der Waals surface area contributed by atoms with Crippen LogP contribution in [0, 0.1) is 0 Å². The van der Waals surface area contributed by atoms with Crippen LogP contribution in [0.15, 0.2) is 53.0 Å². The van der Waals surface area contributed by atoms with Crippen LogP contribution in [-0.2, 0) is 9.59 Å². The molecule has 0 bridgehead atoms. The number of hydrogen-bond acceptors (Lipinski definition) is 3. The van der Waals surface area contributed by atoms with Gasteiger partial charge in [0.2, 0.25) is 11.8 Å². The van der Waals surface area contributed by atoms with Gasteiger partial charge in [-0.1, -0.05) is 51.8 Å². The number of halogens is 2. The monoisotopic (exact) mass is 440 g/mol. The summed E-state index contributed by atoms with van der Waals surface area (Å²) in [6, 6.07) is 14.6. The van der Waals surface area contributed by atoms with Crippen LogP contribution in [0.1, 0.15) is 18.5 Å². The van der Waals surface area contributed by atoms with Crippen molar-refractivity contribution in [3.05, 3.63) is 63.6 Å². The lowest BCUT2D eigenvalue weighted by molar-refractivity contribution is -0.119. The molecule has 25 heavy (non-hydrogen) atoms. The highest BCUT2D eigenvalue weighted by molar-refractivity contribution is 9.10. The second-order valence-electron chi connectivity index (χ2n) is 5.36. The minimum absolute atomic E-state index is 0.132. The van der Waals surface area contributed by atoms with Crippen molar-refractivity contribution < 1.29 is 9.59 Å². The van der Waals surface area contributed by atoms with Gasteiger partial charge >= 0.3 is 0 Å². The van der Waals surface area contributed by atoms with Gasteiger partial charge in [-0.2, -0.15) is 0 Å². The Kier molecular flexibility index (Phi) is 7.81. The molecule has 0 aliphatic heterocycles. The fraction of sp³-hybridized carbons (Fsp3) is 0.222. The van der Waals surface area contributed by atoms with E-state index >= 15 is 0 Å². The van der Waals surface area contributed by atoms with Gasteiger partial charge in [0.25, 0.3) is 0 Å². The van der Waals surface area contributed by atoms with Crippen LogP contribution in [0.2, 0.25) is 5.02 Å². The maximum atomic E-state index is 12.0. The zero-order chi connectivity index (χ0) is 18.2. The molecule has 2 N–H and O–H groups in total. The summed E-state index contributed by atoms with van der Waals surface area (Å²) in [6.07, 6.45) is 0. The van der Waals surface area contributed by atoms with Crippen molar-refractivity contribution in [2.24, 2.45) is 0 Å². The summed E-state index contributed by atoms with van der Waals surface area (Å²) in [6.45, 7) is 1.88. The number of anilines is 1. The number of rotatable bonds is 7. The van der Waals surface area contributed by atoms with Gasteiger partial charge in [-0.25, -0.2) is 0 Å². The molecular formula is C18H18BrClN2O2S. The van der Waals surface area contributed by atoms with Crippen LogP contribution in [0.4, 0.5) is 5.69 Å². The van der Waals surface area contributed by atoms with Gasteiger partial charge in [-0.3, -0.25) is 9.59 Å². The average Bonchev–Trinajstić information content (AvgIpc) is 2.55. The first-order valence-electron chi connectivity index (χ1n) is 7.62. The van der Waals surface area contributed by atoms with E-state index in [0.29, 0.717) is 5.02 Å². The molecule has 2 aromatic carbocycles. The highest BCUT2D eigenvalue weighted by atomic mass is 79.9. The maximum absolute atomic E-state index is 12.0. The fourth-order valence-electron chi connectivity index (χ4n) is 2.19. The Morgan fingerprint density at radius 2 is 1.84 bits per heavy atom. The fourth-order valence-corrected chi connectivity index (χ4v) is 3.51. The molecule has 2 aromatic rings. The standard InChI is InChI=1S/C18H18BrClN2O2S/c1-12(15-7-2-3-8-16(15)20)21-17(23)10-25-11-18(24)22-14-6-4-5-13(19)9-14/h2-9,12H,10-11H2,1H3,(H,21,23)(H,22,24). The van der Waals surface area contributed by atoms with Crippen LogP contribution in [0.25, 0.3) is 0 Å². The summed E-state index contributed by atoms with van der Waals surface area (Å²) in [4.78, 5) is 23.9. The van der Waals surface area contributed by atoms with Crippen LogP contribution in [-0.4, -0.2) is 23.3 Å². The number of carbonyl (C=O) groups is 2. The summed E-state index contributed by atoms with van der Waals surface area (Å²) in [5.74, 6) is 0.143. The largest absolute Gasteiger partial charge is 0.349 e. The van der Waals surface area contributed by atoms with Crippen LogP contribution in [0.5, 0.6) is 0 Å². The predicted octanol–water partition coefficient (Wildman–Crippen LogP) is 4.65. The van der Waals surface area contributed by atoms with Crippen molar-refractivity contribution in [2.45, 2.75) is 13.0 Å². The Bertz CT molecular complexity index is 757. The second kappa shape index (κ2) is 9.85. The third-order valence-corrected chi connectivity index (χ3v) is 5.09. The molecule has 132 valence electrons. The Morgan fingerprint density at radius 3 is 2.56 bits per heavy atom. The van der Waals surface area contributed by atoms with E-state index in [1.54, 1.807) is 6.07 Å². The molecule has 0 aromatic heterocycles. The number of thioether (sulfide) groups is 1. The molecule has 0 heterocycles. The first-order valence-corrected chi connectivity index (χ1v) is 9.95. The minimum Gasteiger partial charge on any atom is -0.349 e. The summed E-state index contributed by atoms with van der Waals surface area (Å²) >= 11 is 10.7. The van der Waals surface area contributed by atoms with E-state index in [-0.39, 0.29) is 29.4 Å². The van der Waals surface area contributed by atoms with E-state index in [1.807, 2.05) is 49.4 Å². The van der Waals surface area contributed by atoms with Crippen LogP contribution in [0.3, 0.4) is 0 Å². The smallest absolute Gasteiger partial charge is 0.234 e. The molecule has 2 amide bonds. The lowest BCUT2D eigenvalue weighted by Crippen LogP contribution is -2.29. The maximum Gasteiger partial charge on any atom is 0.234 e. The zero-order valence-corrected chi connectivity index (χ0v) is 16.7. The van der Waals surface area contributed by atoms with E-state index in [1.165, 1.54) is 11.8 Å². The molecule has 0 saturated heterocycles. The lowest BCUT2D eigenvalue weighted by atomic mass is 10.1. The zero-order valence-electron chi connectivity index (χ0n) is 13.6. The lowest BCUT2D eigenvalue weighted by Gasteiger charge is -2.15. The van der Waals surface area contributed by atoms with E-state index < -0.39 is 0 Å².